The maximum absolute atomic E-state index is 13.6. The number of benzene rings is 3. The maximum Gasteiger partial charge on any atom is 0.308 e. The second-order valence-electron chi connectivity index (χ2n) is 7.18. The number of esters is 2. The Balaban J connectivity index is 1.95. The Morgan fingerprint density at radius 1 is 0.788 bits per heavy atom. The summed E-state index contributed by atoms with van der Waals surface area (Å²) in [6.07, 6.45) is 0. The van der Waals surface area contributed by atoms with Gasteiger partial charge in [0.2, 0.25) is 11.2 Å². The molecule has 0 atom stereocenters. The summed E-state index contributed by atoms with van der Waals surface area (Å²) in [5.41, 5.74) is 0.966. The molecule has 0 saturated heterocycles. The molecule has 1 aromatic heterocycles. The summed E-state index contributed by atoms with van der Waals surface area (Å²) in [4.78, 5) is 37.0. The molecule has 0 spiro atoms. The molecule has 4 rings (SSSR count). The van der Waals surface area contributed by atoms with Gasteiger partial charge < -0.3 is 18.6 Å². The Kier molecular flexibility index (Phi) is 6.22. The normalized spacial score (nSPS) is 10.6. The SMILES string of the molecule is CC(=O)Oc1ccc2oc(-c3ccccc3)c(OC(C)=O)c(=O)c2c1OCc1ccccc1. The minimum absolute atomic E-state index is 0.000567. The number of carbonyl (C=O) groups excluding carboxylic acids is 2. The number of rotatable bonds is 6. The van der Waals surface area contributed by atoms with Crippen molar-refractivity contribution in [3.63, 3.8) is 0 Å². The highest BCUT2D eigenvalue weighted by atomic mass is 16.6. The Bertz CT molecular complexity index is 1370. The van der Waals surface area contributed by atoms with Gasteiger partial charge in [0.25, 0.3) is 0 Å². The molecule has 0 aliphatic rings. The van der Waals surface area contributed by atoms with Crippen LogP contribution in [-0.4, -0.2) is 11.9 Å². The van der Waals surface area contributed by atoms with Crippen molar-refractivity contribution < 1.29 is 28.2 Å². The van der Waals surface area contributed by atoms with Crippen LogP contribution in [0.4, 0.5) is 0 Å². The predicted molar refractivity (Wildman–Crippen MR) is 121 cm³/mol. The van der Waals surface area contributed by atoms with Gasteiger partial charge in [-0.2, -0.15) is 0 Å². The molecule has 0 aliphatic heterocycles. The first-order valence-electron chi connectivity index (χ1n) is 10.2. The number of carbonyl (C=O) groups is 2. The minimum atomic E-state index is -0.679. The molecule has 1 heterocycles. The van der Waals surface area contributed by atoms with E-state index in [1.807, 2.05) is 36.4 Å². The van der Waals surface area contributed by atoms with Crippen LogP contribution in [-0.2, 0) is 16.2 Å². The first-order valence-corrected chi connectivity index (χ1v) is 10.2. The van der Waals surface area contributed by atoms with Gasteiger partial charge >= 0.3 is 11.9 Å². The Morgan fingerprint density at radius 2 is 1.42 bits per heavy atom. The van der Waals surface area contributed by atoms with Crippen LogP contribution in [0.2, 0.25) is 0 Å². The average Bonchev–Trinajstić information content (AvgIpc) is 2.80. The molecule has 0 aliphatic carbocycles. The van der Waals surface area contributed by atoms with E-state index in [0.717, 1.165) is 5.56 Å². The average molecular weight is 444 g/mol. The second kappa shape index (κ2) is 9.40. The molecular weight excluding hydrogens is 424 g/mol. The van der Waals surface area contributed by atoms with E-state index in [0.29, 0.717) is 5.56 Å². The quantitative estimate of drug-likeness (QED) is 0.309. The van der Waals surface area contributed by atoms with E-state index in [1.165, 1.54) is 26.0 Å². The largest absolute Gasteiger partial charge is 0.484 e. The second-order valence-corrected chi connectivity index (χ2v) is 7.18. The molecule has 166 valence electrons. The standard InChI is InChI=1S/C26H20O7/c1-16(27)31-21-14-13-20-22(25(21)30-15-18-9-5-3-6-10-18)23(29)26(32-17(2)28)24(33-20)19-11-7-4-8-12-19/h3-14H,15H2,1-2H3. The molecule has 0 bridgehead atoms. The fourth-order valence-electron chi connectivity index (χ4n) is 3.34. The van der Waals surface area contributed by atoms with E-state index in [9.17, 15) is 14.4 Å². The number of hydrogen-bond donors (Lipinski definition) is 0. The van der Waals surface area contributed by atoms with E-state index in [1.54, 1.807) is 24.3 Å². The fourth-order valence-corrected chi connectivity index (χ4v) is 3.34. The van der Waals surface area contributed by atoms with Gasteiger partial charge in [0.1, 0.15) is 17.6 Å². The molecule has 3 aromatic carbocycles. The van der Waals surface area contributed by atoms with Crippen molar-refractivity contribution in [1.82, 2.24) is 0 Å². The third-order valence-electron chi connectivity index (χ3n) is 4.70. The van der Waals surface area contributed by atoms with Crippen molar-refractivity contribution in [3.05, 3.63) is 88.6 Å². The molecule has 4 aromatic rings. The lowest BCUT2D eigenvalue weighted by atomic mass is 10.1. The predicted octanol–water partition coefficient (Wildman–Crippen LogP) is 4.89. The van der Waals surface area contributed by atoms with E-state index < -0.39 is 17.4 Å². The van der Waals surface area contributed by atoms with Crippen molar-refractivity contribution in [3.8, 4) is 28.6 Å². The molecule has 0 amide bonds. The molecule has 33 heavy (non-hydrogen) atoms. The van der Waals surface area contributed by atoms with Gasteiger partial charge in [-0.1, -0.05) is 60.7 Å². The lowest BCUT2D eigenvalue weighted by Crippen LogP contribution is -2.15. The highest BCUT2D eigenvalue weighted by Crippen LogP contribution is 2.39. The van der Waals surface area contributed by atoms with Crippen molar-refractivity contribution in [1.29, 1.82) is 0 Å². The number of hydrogen-bond acceptors (Lipinski definition) is 7. The van der Waals surface area contributed by atoms with Crippen LogP contribution >= 0.6 is 0 Å². The van der Waals surface area contributed by atoms with Gasteiger partial charge in [-0.05, 0) is 17.7 Å². The highest BCUT2D eigenvalue weighted by Gasteiger charge is 2.24. The van der Waals surface area contributed by atoms with Crippen LogP contribution < -0.4 is 19.6 Å². The molecular formula is C26H20O7. The van der Waals surface area contributed by atoms with E-state index in [-0.39, 0.29) is 40.6 Å². The number of fused-ring (bicyclic) bond motifs is 1. The van der Waals surface area contributed by atoms with Crippen LogP contribution in [0.25, 0.3) is 22.3 Å². The van der Waals surface area contributed by atoms with Crippen LogP contribution in [0.5, 0.6) is 17.2 Å². The Labute approximate surface area is 189 Å². The first-order chi connectivity index (χ1) is 15.9. The Morgan fingerprint density at radius 3 is 2.06 bits per heavy atom. The first kappa shape index (κ1) is 21.8. The summed E-state index contributed by atoms with van der Waals surface area (Å²) in [5, 5.41) is 0.000567. The zero-order valence-electron chi connectivity index (χ0n) is 18.0. The van der Waals surface area contributed by atoms with Gasteiger partial charge in [-0.15, -0.1) is 0 Å². The zero-order valence-corrected chi connectivity index (χ0v) is 18.0. The Hall–Kier alpha value is -4.39. The molecule has 0 fully saturated rings. The molecule has 7 nitrogen and oxygen atoms in total. The third kappa shape index (κ3) is 4.77. The zero-order chi connectivity index (χ0) is 23.4. The minimum Gasteiger partial charge on any atom is -0.484 e. The highest BCUT2D eigenvalue weighted by molar-refractivity contribution is 5.91. The fraction of sp³-hybridized carbons (Fsp3) is 0.115. The van der Waals surface area contributed by atoms with Crippen LogP contribution in [0.15, 0.2) is 82.0 Å². The van der Waals surface area contributed by atoms with Gasteiger partial charge in [0, 0.05) is 19.4 Å². The van der Waals surface area contributed by atoms with Crippen LogP contribution in [0.1, 0.15) is 19.4 Å². The molecule has 0 saturated carbocycles. The van der Waals surface area contributed by atoms with Gasteiger partial charge in [-0.25, -0.2) is 0 Å². The maximum atomic E-state index is 13.6. The molecule has 0 unspecified atom stereocenters. The lowest BCUT2D eigenvalue weighted by Gasteiger charge is -2.15. The number of ether oxygens (including phenoxy) is 3. The van der Waals surface area contributed by atoms with Crippen molar-refractivity contribution in [2.24, 2.45) is 0 Å². The van der Waals surface area contributed by atoms with Gasteiger partial charge in [0.15, 0.2) is 17.3 Å². The van der Waals surface area contributed by atoms with Crippen molar-refractivity contribution in [2.45, 2.75) is 20.5 Å². The third-order valence-corrected chi connectivity index (χ3v) is 4.70. The molecule has 7 heteroatoms. The summed E-state index contributed by atoms with van der Waals surface area (Å²) in [6, 6.07) is 21.1. The summed E-state index contributed by atoms with van der Waals surface area (Å²) in [7, 11) is 0. The molecule has 0 radical (unpaired) electrons. The van der Waals surface area contributed by atoms with Crippen LogP contribution in [0, 0.1) is 0 Å². The van der Waals surface area contributed by atoms with Gasteiger partial charge in [0.05, 0.1) is 0 Å². The smallest absolute Gasteiger partial charge is 0.308 e. The van der Waals surface area contributed by atoms with E-state index >= 15 is 0 Å². The van der Waals surface area contributed by atoms with Crippen molar-refractivity contribution in [2.75, 3.05) is 0 Å². The van der Waals surface area contributed by atoms with Crippen molar-refractivity contribution >= 4 is 22.9 Å². The summed E-state index contributed by atoms with van der Waals surface area (Å²) >= 11 is 0. The monoisotopic (exact) mass is 444 g/mol. The van der Waals surface area contributed by atoms with Crippen LogP contribution in [0.3, 0.4) is 0 Å². The van der Waals surface area contributed by atoms with Gasteiger partial charge in [-0.3, -0.25) is 14.4 Å². The lowest BCUT2D eigenvalue weighted by molar-refractivity contribution is -0.132. The summed E-state index contributed by atoms with van der Waals surface area (Å²) in [5.74, 6) is -1.35. The van der Waals surface area contributed by atoms with E-state index in [2.05, 4.69) is 0 Å². The summed E-state index contributed by atoms with van der Waals surface area (Å²) < 4.78 is 22.5. The summed E-state index contributed by atoms with van der Waals surface area (Å²) in [6.45, 7) is 2.55. The molecule has 0 N–H and O–H groups in total. The topological polar surface area (TPSA) is 92.0 Å². The van der Waals surface area contributed by atoms with E-state index in [4.69, 9.17) is 18.6 Å².